The van der Waals surface area contributed by atoms with Gasteiger partial charge in [0, 0.05) is 0 Å². The lowest BCUT2D eigenvalue weighted by molar-refractivity contribution is -0.309. The van der Waals surface area contributed by atoms with Crippen LogP contribution in [0.5, 0.6) is 0 Å². The van der Waals surface area contributed by atoms with Gasteiger partial charge in [-0.25, -0.2) is 9.78 Å². The van der Waals surface area contributed by atoms with Gasteiger partial charge in [-0.2, -0.15) is 0 Å². The average molecular weight is 224 g/mol. The maximum Gasteiger partial charge on any atom is 0.107 e. The molecule has 1 atom stereocenters. The number of hydrogen-bond acceptors (Lipinski definition) is 3. The molecule has 1 aromatic carbocycles. The summed E-state index contributed by atoms with van der Waals surface area (Å²) in [4.78, 5) is 10.1. The zero-order valence-electron chi connectivity index (χ0n) is 10.0. The summed E-state index contributed by atoms with van der Waals surface area (Å²) < 4.78 is 5.44. The minimum absolute atomic E-state index is 0.290. The van der Waals surface area contributed by atoms with E-state index in [0.29, 0.717) is 19.8 Å². The summed E-state index contributed by atoms with van der Waals surface area (Å²) in [6.45, 7) is 5.66. The molecule has 0 aliphatic carbocycles. The smallest absolute Gasteiger partial charge is 0.107 e. The molecule has 0 aliphatic heterocycles. The quantitative estimate of drug-likeness (QED) is 0.386. The summed E-state index contributed by atoms with van der Waals surface area (Å²) in [7, 11) is 0. The van der Waals surface area contributed by atoms with Crippen LogP contribution in [0.2, 0.25) is 0 Å². The maximum absolute atomic E-state index is 5.44. The van der Waals surface area contributed by atoms with Crippen LogP contribution in [0, 0.1) is 0 Å². The Hall–Kier alpha value is -0.900. The predicted octanol–water partition coefficient (Wildman–Crippen LogP) is 2.95. The minimum Gasteiger partial charge on any atom is -0.376 e. The lowest BCUT2D eigenvalue weighted by Gasteiger charge is -2.10. The zero-order valence-corrected chi connectivity index (χ0v) is 10.0. The van der Waals surface area contributed by atoms with Gasteiger partial charge in [-0.15, -0.1) is 0 Å². The molecule has 3 heteroatoms. The van der Waals surface area contributed by atoms with Gasteiger partial charge in [0.15, 0.2) is 0 Å². The highest BCUT2D eigenvalue weighted by Gasteiger charge is 1.98. The summed E-state index contributed by atoms with van der Waals surface area (Å²) in [6, 6.07) is 9.93. The fraction of sp³-hybridized carbons (Fsp3) is 0.538. The van der Waals surface area contributed by atoms with E-state index in [-0.39, 0.29) is 6.10 Å². The molecule has 0 saturated carbocycles. The highest BCUT2D eigenvalue weighted by molar-refractivity contribution is 5.13. The van der Waals surface area contributed by atoms with Crippen LogP contribution >= 0.6 is 0 Å². The van der Waals surface area contributed by atoms with Gasteiger partial charge in [-0.05, 0) is 18.9 Å². The van der Waals surface area contributed by atoms with Crippen molar-refractivity contribution in [1.82, 2.24) is 0 Å². The first kappa shape index (κ1) is 13.2. The van der Waals surface area contributed by atoms with Gasteiger partial charge >= 0.3 is 0 Å². The van der Waals surface area contributed by atoms with Crippen molar-refractivity contribution in [3.05, 3.63) is 35.9 Å². The molecule has 0 saturated heterocycles. The Kier molecular flexibility index (Phi) is 6.81. The van der Waals surface area contributed by atoms with Crippen LogP contribution in [0.4, 0.5) is 0 Å². The molecular weight excluding hydrogens is 204 g/mol. The molecule has 0 aliphatic rings. The Balaban J connectivity index is 1.96. The fourth-order valence-corrected chi connectivity index (χ4v) is 1.14. The molecule has 90 valence electrons. The molecule has 1 unspecified atom stereocenters. The van der Waals surface area contributed by atoms with Crippen molar-refractivity contribution in [3.8, 4) is 0 Å². The highest BCUT2D eigenvalue weighted by Crippen LogP contribution is 2.01. The molecule has 1 rings (SSSR count). The first-order valence-corrected chi connectivity index (χ1v) is 5.73. The molecular formula is C13H20O3. The average Bonchev–Trinajstić information content (AvgIpc) is 2.34. The minimum atomic E-state index is 0.290. The van der Waals surface area contributed by atoms with Crippen LogP contribution in [-0.2, 0) is 21.1 Å². The van der Waals surface area contributed by atoms with E-state index < -0.39 is 0 Å². The summed E-state index contributed by atoms with van der Waals surface area (Å²) in [5, 5.41) is 0. The van der Waals surface area contributed by atoms with Crippen molar-refractivity contribution in [1.29, 1.82) is 0 Å². The zero-order chi connectivity index (χ0) is 11.6. The first-order chi connectivity index (χ1) is 7.83. The Labute approximate surface area is 97.3 Å². The van der Waals surface area contributed by atoms with Gasteiger partial charge in [-0.3, -0.25) is 0 Å². The second-order valence-electron chi connectivity index (χ2n) is 3.66. The molecule has 0 spiro atoms. The summed E-state index contributed by atoms with van der Waals surface area (Å²) >= 11 is 0. The third-order valence-corrected chi connectivity index (χ3v) is 2.30. The van der Waals surface area contributed by atoms with Crippen molar-refractivity contribution in [2.45, 2.75) is 33.0 Å². The Morgan fingerprint density at radius 1 is 1.06 bits per heavy atom. The van der Waals surface area contributed by atoms with E-state index in [1.165, 1.54) is 0 Å². The molecule has 16 heavy (non-hydrogen) atoms. The summed E-state index contributed by atoms with van der Waals surface area (Å²) in [6.07, 6.45) is 1.31. The van der Waals surface area contributed by atoms with Crippen LogP contribution in [0.3, 0.4) is 0 Å². The van der Waals surface area contributed by atoms with Crippen LogP contribution in [-0.4, -0.2) is 19.3 Å². The third-order valence-electron chi connectivity index (χ3n) is 2.30. The number of hydrogen-bond donors (Lipinski definition) is 0. The highest BCUT2D eigenvalue weighted by atomic mass is 17.2. The van der Waals surface area contributed by atoms with E-state index in [9.17, 15) is 0 Å². The van der Waals surface area contributed by atoms with Crippen molar-refractivity contribution in [3.63, 3.8) is 0 Å². The van der Waals surface area contributed by atoms with Crippen LogP contribution in [0.1, 0.15) is 25.8 Å². The van der Waals surface area contributed by atoms with Crippen LogP contribution < -0.4 is 0 Å². The Morgan fingerprint density at radius 3 is 2.50 bits per heavy atom. The molecule has 3 nitrogen and oxygen atoms in total. The molecule has 0 heterocycles. The second kappa shape index (κ2) is 8.28. The van der Waals surface area contributed by atoms with E-state index in [2.05, 4.69) is 6.92 Å². The standard InChI is InChI=1S/C13H20O3/c1-3-12(2)14-9-10-15-16-11-13-7-5-4-6-8-13/h4-8,12H,3,9-11H2,1-2H3. The maximum atomic E-state index is 5.44. The van der Waals surface area contributed by atoms with Crippen molar-refractivity contribution < 1.29 is 14.5 Å². The van der Waals surface area contributed by atoms with Crippen molar-refractivity contribution in [2.75, 3.05) is 13.2 Å². The van der Waals surface area contributed by atoms with Gasteiger partial charge in [-0.1, -0.05) is 37.3 Å². The first-order valence-electron chi connectivity index (χ1n) is 5.73. The van der Waals surface area contributed by atoms with Gasteiger partial charge in [0.2, 0.25) is 0 Å². The fourth-order valence-electron chi connectivity index (χ4n) is 1.14. The third kappa shape index (κ3) is 5.85. The predicted molar refractivity (Wildman–Crippen MR) is 62.9 cm³/mol. The van der Waals surface area contributed by atoms with Gasteiger partial charge < -0.3 is 4.74 Å². The SMILES string of the molecule is CCC(C)OCCOOCc1ccccc1. The molecule has 0 N–H and O–H groups in total. The van der Waals surface area contributed by atoms with Crippen molar-refractivity contribution >= 4 is 0 Å². The number of ether oxygens (including phenoxy) is 1. The molecule has 0 bridgehead atoms. The lowest BCUT2D eigenvalue weighted by Crippen LogP contribution is -2.12. The van der Waals surface area contributed by atoms with E-state index in [4.69, 9.17) is 14.5 Å². The van der Waals surface area contributed by atoms with Gasteiger partial charge in [0.25, 0.3) is 0 Å². The van der Waals surface area contributed by atoms with Gasteiger partial charge in [0.1, 0.15) is 13.2 Å². The van der Waals surface area contributed by atoms with E-state index in [1.54, 1.807) is 0 Å². The molecule has 0 fully saturated rings. The second-order valence-corrected chi connectivity index (χ2v) is 3.66. The summed E-state index contributed by atoms with van der Waals surface area (Å²) in [5.41, 5.74) is 1.10. The van der Waals surface area contributed by atoms with E-state index in [0.717, 1.165) is 12.0 Å². The van der Waals surface area contributed by atoms with Crippen molar-refractivity contribution in [2.24, 2.45) is 0 Å². The van der Waals surface area contributed by atoms with Crippen LogP contribution in [0.25, 0.3) is 0 Å². The number of benzene rings is 1. The summed E-state index contributed by atoms with van der Waals surface area (Å²) in [5.74, 6) is 0. The topological polar surface area (TPSA) is 27.7 Å². The largest absolute Gasteiger partial charge is 0.376 e. The van der Waals surface area contributed by atoms with E-state index >= 15 is 0 Å². The molecule has 1 aromatic rings. The normalized spacial score (nSPS) is 12.6. The number of rotatable bonds is 8. The van der Waals surface area contributed by atoms with Crippen LogP contribution in [0.15, 0.2) is 30.3 Å². The Bertz CT molecular complexity index is 261. The van der Waals surface area contributed by atoms with Gasteiger partial charge in [0.05, 0.1) is 12.7 Å². The van der Waals surface area contributed by atoms with E-state index in [1.807, 2.05) is 37.3 Å². The molecule has 0 aromatic heterocycles. The molecule has 0 amide bonds. The lowest BCUT2D eigenvalue weighted by atomic mass is 10.2. The Morgan fingerprint density at radius 2 is 1.81 bits per heavy atom. The monoisotopic (exact) mass is 224 g/mol. The molecule has 0 radical (unpaired) electrons.